The Morgan fingerprint density at radius 1 is 1.29 bits per heavy atom. The van der Waals surface area contributed by atoms with Crippen LogP contribution in [0.5, 0.6) is 0 Å². The predicted molar refractivity (Wildman–Crippen MR) is 63.5 cm³/mol. The molecule has 1 unspecified atom stereocenters. The molecule has 3 N–H and O–H groups in total. The van der Waals surface area contributed by atoms with Crippen LogP contribution in [0, 0.1) is 5.92 Å². The Morgan fingerprint density at radius 3 is 2.35 bits per heavy atom. The molecular formula is C11H21N3O3. The highest BCUT2D eigenvalue weighted by Gasteiger charge is 2.22. The maximum absolute atomic E-state index is 11.8. The molecule has 6 heteroatoms. The molecule has 0 aromatic carbocycles. The summed E-state index contributed by atoms with van der Waals surface area (Å²) in [7, 11) is 0. The van der Waals surface area contributed by atoms with Gasteiger partial charge in [-0.05, 0) is 12.5 Å². The second kappa shape index (κ2) is 6.56. The molecule has 0 radical (unpaired) electrons. The molecule has 6 nitrogen and oxygen atoms in total. The zero-order valence-electron chi connectivity index (χ0n) is 10.3. The molecule has 1 atom stereocenters. The number of hydrogen-bond donors (Lipinski definition) is 2. The van der Waals surface area contributed by atoms with E-state index in [1.165, 1.54) is 0 Å². The molecule has 1 heterocycles. The smallest absolute Gasteiger partial charge is 0.317 e. The first kappa shape index (κ1) is 13.9. The average Bonchev–Trinajstić information content (AvgIpc) is 2.28. The van der Waals surface area contributed by atoms with Crippen LogP contribution in [0.3, 0.4) is 0 Å². The lowest BCUT2D eigenvalue weighted by molar-refractivity contribution is -0.139. The van der Waals surface area contributed by atoms with Crippen molar-refractivity contribution >= 4 is 11.9 Å². The maximum atomic E-state index is 11.8. The van der Waals surface area contributed by atoms with E-state index < -0.39 is 5.97 Å². The van der Waals surface area contributed by atoms with Gasteiger partial charge in [0.05, 0.1) is 6.54 Å². The Kier molecular flexibility index (Phi) is 5.37. The Morgan fingerprint density at radius 2 is 1.88 bits per heavy atom. The molecule has 1 aliphatic rings. The molecule has 17 heavy (non-hydrogen) atoms. The molecule has 0 aliphatic carbocycles. The second-order valence-corrected chi connectivity index (χ2v) is 4.60. The van der Waals surface area contributed by atoms with E-state index >= 15 is 0 Å². The molecular weight excluding hydrogens is 222 g/mol. The topological polar surface area (TPSA) is 86.9 Å². The number of amides is 1. The molecule has 1 saturated heterocycles. The summed E-state index contributed by atoms with van der Waals surface area (Å²) in [6.45, 7) is 5.03. The van der Waals surface area contributed by atoms with Gasteiger partial charge in [0, 0.05) is 32.6 Å². The number of piperazine rings is 1. The summed E-state index contributed by atoms with van der Waals surface area (Å²) in [4.78, 5) is 26.0. The van der Waals surface area contributed by atoms with Crippen LogP contribution in [0.25, 0.3) is 0 Å². The maximum Gasteiger partial charge on any atom is 0.317 e. The number of rotatable bonds is 5. The van der Waals surface area contributed by atoms with Crippen LogP contribution in [-0.2, 0) is 9.59 Å². The van der Waals surface area contributed by atoms with Gasteiger partial charge in [0.1, 0.15) is 0 Å². The minimum absolute atomic E-state index is 0.0568. The van der Waals surface area contributed by atoms with Crippen LogP contribution >= 0.6 is 0 Å². The lowest BCUT2D eigenvalue weighted by atomic mass is 10.1. The third-order valence-electron chi connectivity index (χ3n) is 3.01. The van der Waals surface area contributed by atoms with Gasteiger partial charge >= 0.3 is 5.97 Å². The van der Waals surface area contributed by atoms with Crippen molar-refractivity contribution in [3.8, 4) is 0 Å². The normalized spacial score (nSPS) is 19.1. The Labute approximate surface area is 101 Å². The van der Waals surface area contributed by atoms with Crippen molar-refractivity contribution in [3.63, 3.8) is 0 Å². The second-order valence-electron chi connectivity index (χ2n) is 4.60. The molecule has 98 valence electrons. The summed E-state index contributed by atoms with van der Waals surface area (Å²) in [6, 6.07) is 0. The van der Waals surface area contributed by atoms with Crippen molar-refractivity contribution in [2.75, 3.05) is 39.3 Å². The first-order valence-electron chi connectivity index (χ1n) is 5.95. The van der Waals surface area contributed by atoms with Gasteiger partial charge in [0.2, 0.25) is 5.91 Å². The van der Waals surface area contributed by atoms with Gasteiger partial charge in [0.25, 0.3) is 0 Å². The van der Waals surface area contributed by atoms with Gasteiger partial charge in [-0.15, -0.1) is 0 Å². The third-order valence-corrected chi connectivity index (χ3v) is 3.01. The fourth-order valence-corrected chi connectivity index (χ4v) is 1.86. The van der Waals surface area contributed by atoms with Crippen LogP contribution in [0.2, 0.25) is 0 Å². The van der Waals surface area contributed by atoms with Gasteiger partial charge < -0.3 is 15.7 Å². The van der Waals surface area contributed by atoms with Crippen LogP contribution in [0.4, 0.5) is 0 Å². The number of aliphatic carboxylic acids is 1. The van der Waals surface area contributed by atoms with E-state index in [0.717, 1.165) is 0 Å². The van der Waals surface area contributed by atoms with Gasteiger partial charge in [-0.2, -0.15) is 0 Å². The first-order valence-corrected chi connectivity index (χ1v) is 5.95. The number of nitrogens with two attached hydrogens (primary N) is 1. The van der Waals surface area contributed by atoms with Crippen LogP contribution in [0.1, 0.15) is 13.3 Å². The van der Waals surface area contributed by atoms with Crippen LogP contribution < -0.4 is 5.73 Å². The zero-order chi connectivity index (χ0) is 12.8. The number of carboxylic acid groups (broad SMARTS) is 1. The van der Waals surface area contributed by atoms with E-state index in [0.29, 0.717) is 39.1 Å². The van der Waals surface area contributed by atoms with Crippen molar-refractivity contribution in [3.05, 3.63) is 0 Å². The summed E-state index contributed by atoms with van der Waals surface area (Å²) >= 11 is 0. The van der Waals surface area contributed by atoms with Gasteiger partial charge in [-0.3, -0.25) is 14.5 Å². The molecule has 0 saturated carbocycles. The Bertz CT molecular complexity index is 275. The molecule has 1 aliphatic heterocycles. The summed E-state index contributed by atoms with van der Waals surface area (Å²) < 4.78 is 0. The van der Waals surface area contributed by atoms with E-state index in [9.17, 15) is 9.59 Å². The van der Waals surface area contributed by atoms with E-state index in [4.69, 9.17) is 10.8 Å². The van der Waals surface area contributed by atoms with Gasteiger partial charge in [-0.1, -0.05) is 6.92 Å². The number of nitrogens with zero attached hydrogens (tertiary/aromatic N) is 2. The third kappa shape index (κ3) is 4.70. The molecule has 0 bridgehead atoms. The fourth-order valence-electron chi connectivity index (χ4n) is 1.86. The number of hydrogen-bond acceptors (Lipinski definition) is 4. The number of carbonyl (C=O) groups is 2. The van der Waals surface area contributed by atoms with E-state index in [1.807, 2.05) is 11.8 Å². The molecule has 0 spiro atoms. The quantitative estimate of drug-likeness (QED) is 0.660. The highest BCUT2D eigenvalue weighted by Crippen LogP contribution is 2.07. The Hall–Kier alpha value is -1.14. The molecule has 0 aromatic rings. The lowest BCUT2D eigenvalue weighted by Gasteiger charge is -2.34. The van der Waals surface area contributed by atoms with Crippen molar-refractivity contribution in [1.29, 1.82) is 0 Å². The molecule has 1 fully saturated rings. The highest BCUT2D eigenvalue weighted by molar-refractivity contribution is 5.76. The van der Waals surface area contributed by atoms with Gasteiger partial charge in [0.15, 0.2) is 0 Å². The summed E-state index contributed by atoms with van der Waals surface area (Å²) in [5, 5.41) is 8.66. The minimum atomic E-state index is -0.818. The predicted octanol–water partition coefficient (Wildman–Crippen LogP) is -0.800. The number of carboxylic acids is 1. The van der Waals surface area contributed by atoms with Gasteiger partial charge in [-0.25, -0.2) is 0 Å². The van der Waals surface area contributed by atoms with Crippen LogP contribution in [0.15, 0.2) is 0 Å². The monoisotopic (exact) mass is 243 g/mol. The summed E-state index contributed by atoms with van der Waals surface area (Å²) in [5.41, 5.74) is 5.48. The largest absolute Gasteiger partial charge is 0.480 e. The average molecular weight is 243 g/mol. The fraction of sp³-hybridized carbons (Fsp3) is 0.818. The molecule has 1 rings (SSSR count). The summed E-state index contributed by atoms with van der Waals surface area (Å²) in [6.07, 6.45) is 0.482. The standard InChI is InChI=1S/C11H21N3O3/c1-9(7-12)6-10(15)14-4-2-13(3-5-14)8-11(16)17/h9H,2-8,12H2,1H3,(H,16,17). The highest BCUT2D eigenvalue weighted by atomic mass is 16.4. The Balaban J connectivity index is 2.31. The van der Waals surface area contributed by atoms with Crippen molar-refractivity contribution in [2.24, 2.45) is 11.7 Å². The first-order chi connectivity index (χ1) is 8.02. The van der Waals surface area contributed by atoms with Crippen molar-refractivity contribution in [2.45, 2.75) is 13.3 Å². The van der Waals surface area contributed by atoms with E-state index in [-0.39, 0.29) is 18.4 Å². The van der Waals surface area contributed by atoms with Crippen LogP contribution in [-0.4, -0.2) is 66.1 Å². The summed E-state index contributed by atoms with van der Waals surface area (Å²) in [5.74, 6) is -0.487. The van der Waals surface area contributed by atoms with E-state index in [2.05, 4.69) is 0 Å². The number of carbonyl (C=O) groups excluding carboxylic acids is 1. The molecule has 1 amide bonds. The van der Waals surface area contributed by atoms with Crippen molar-refractivity contribution in [1.82, 2.24) is 9.80 Å². The minimum Gasteiger partial charge on any atom is -0.480 e. The van der Waals surface area contributed by atoms with E-state index in [1.54, 1.807) is 4.90 Å². The zero-order valence-corrected chi connectivity index (χ0v) is 10.3. The molecule has 0 aromatic heterocycles. The van der Waals surface area contributed by atoms with Crippen molar-refractivity contribution < 1.29 is 14.7 Å². The SMILES string of the molecule is CC(CN)CC(=O)N1CCN(CC(=O)O)CC1. The lowest BCUT2D eigenvalue weighted by Crippen LogP contribution is -2.50.